The van der Waals surface area contributed by atoms with Gasteiger partial charge in [-0.2, -0.15) is 13.2 Å². The third kappa shape index (κ3) is 3.53. The summed E-state index contributed by atoms with van der Waals surface area (Å²) in [5.74, 6) is -2.35. The zero-order chi connectivity index (χ0) is 23.3. The summed E-state index contributed by atoms with van der Waals surface area (Å²) >= 11 is 6.38. The number of aromatic nitrogens is 2. The molecule has 2 heterocycles. The first-order valence-corrected chi connectivity index (χ1v) is 10.2. The van der Waals surface area contributed by atoms with Crippen molar-refractivity contribution in [2.45, 2.75) is 37.5 Å². The van der Waals surface area contributed by atoms with Crippen molar-refractivity contribution in [2.75, 3.05) is 5.32 Å². The van der Waals surface area contributed by atoms with Crippen LogP contribution in [0.15, 0.2) is 55.1 Å². The van der Waals surface area contributed by atoms with Crippen LogP contribution in [0.25, 0.3) is 11.1 Å². The Balaban J connectivity index is 1.79. The Bertz CT molecular complexity index is 1190. The maximum atomic E-state index is 14.3. The number of anilines is 1. The van der Waals surface area contributed by atoms with Gasteiger partial charge in [0.25, 0.3) is 0 Å². The lowest BCUT2D eigenvalue weighted by atomic mass is 9.76. The number of fused-ring (bicyclic) bond motifs is 1. The van der Waals surface area contributed by atoms with Gasteiger partial charge in [-0.25, -0.2) is 9.97 Å². The number of rotatable bonds is 4. The minimum Gasteiger partial charge on any atom is -0.376 e. The van der Waals surface area contributed by atoms with Crippen LogP contribution in [0.1, 0.15) is 42.4 Å². The Kier molecular flexibility index (Phi) is 5.46. The largest absolute Gasteiger partial charge is 0.422 e. The summed E-state index contributed by atoms with van der Waals surface area (Å²) in [4.78, 5) is 19.8. The molecule has 3 aromatic rings. The van der Waals surface area contributed by atoms with E-state index in [2.05, 4.69) is 15.3 Å². The molecule has 4 rings (SSSR count). The fraction of sp³-hybridized carbons (Fsp3) is 0.261. The van der Waals surface area contributed by atoms with Crippen molar-refractivity contribution in [3.8, 4) is 11.1 Å². The standard InChI is InChI=1S/C23H19ClF3N3O2/c1-12-18-8-16(4-6-20(18)30-21(12)31)22(32,23(25,26)27)13(2)17-5-3-14(7-19(17)24)15-9-28-11-29-10-15/h3-13,32H,1-2H3,(H,30,31). The molecule has 1 aromatic heterocycles. The molecule has 0 bridgehead atoms. The number of aliphatic hydroxyl groups is 1. The highest BCUT2D eigenvalue weighted by Gasteiger charge is 2.59. The van der Waals surface area contributed by atoms with Crippen molar-refractivity contribution in [2.24, 2.45) is 0 Å². The molecule has 0 radical (unpaired) electrons. The topological polar surface area (TPSA) is 75.1 Å². The summed E-state index contributed by atoms with van der Waals surface area (Å²) < 4.78 is 43.0. The van der Waals surface area contributed by atoms with Crippen LogP contribution in [-0.4, -0.2) is 27.2 Å². The van der Waals surface area contributed by atoms with Gasteiger partial charge in [-0.1, -0.05) is 36.7 Å². The first-order chi connectivity index (χ1) is 15.0. The van der Waals surface area contributed by atoms with Gasteiger partial charge in [0.15, 0.2) is 5.60 Å². The molecule has 1 aliphatic rings. The summed E-state index contributed by atoms with van der Waals surface area (Å²) in [6.07, 6.45) is -0.509. The van der Waals surface area contributed by atoms with E-state index in [1.165, 1.54) is 43.6 Å². The number of hydrogen-bond acceptors (Lipinski definition) is 4. The van der Waals surface area contributed by atoms with Crippen LogP contribution in [-0.2, 0) is 10.4 Å². The quantitative estimate of drug-likeness (QED) is 0.545. The summed E-state index contributed by atoms with van der Waals surface area (Å²) in [6, 6.07) is 8.41. The number of halogens is 4. The van der Waals surface area contributed by atoms with E-state index in [9.17, 15) is 23.1 Å². The Labute approximate surface area is 187 Å². The minimum atomic E-state index is -5.00. The predicted octanol–water partition coefficient (Wildman–Crippen LogP) is 5.41. The van der Waals surface area contributed by atoms with Gasteiger partial charge in [-0.15, -0.1) is 0 Å². The molecule has 2 N–H and O–H groups in total. The first-order valence-electron chi connectivity index (χ1n) is 9.83. The lowest BCUT2D eigenvalue weighted by Gasteiger charge is -2.37. The highest BCUT2D eigenvalue weighted by atomic mass is 35.5. The fourth-order valence-corrected chi connectivity index (χ4v) is 4.39. The van der Waals surface area contributed by atoms with Gasteiger partial charge in [0.1, 0.15) is 6.33 Å². The molecule has 3 unspecified atom stereocenters. The third-order valence-corrected chi connectivity index (χ3v) is 6.36. The van der Waals surface area contributed by atoms with Crippen molar-refractivity contribution in [1.82, 2.24) is 9.97 Å². The third-order valence-electron chi connectivity index (χ3n) is 6.03. The van der Waals surface area contributed by atoms with Crippen LogP contribution < -0.4 is 5.32 Å². The van der Waals surface area contributed by atoms with Crippen LogP contribution in [0.5, 0.6) is 0 Å². The van der Waals surface area contributed by atoms with Gasteiger partial charge in [-0.3, -0.25) is 4.79 Å². The Morgan fingerprint density at radius 2 is 1.78 bits per heavy atom. The molecule has 2 aromatic carbocycles. The monoisotopic (exact) mass is 461 g/mol. The fourth-order valence-electron chi connectivity index (χ4n) is 4.04. The van der Waals surface area contributed by atoms with Crippen LogP contribution >= 0.6 is 11.6 Å². The highest BCUT2D eigenvalue weighted by molar-refractivity contribution is 6.31. The normalized spacial score (nSPS) is 18.6. The van der Waals surface area contributed by atoms with Crippen LogP contribution in [0.4, 0.5) is 18.9 Å². The van der Waals surface area contributed by atoms with Gasteiger partial charge >= 0.3 is 6.18 Å². The number of benzene rings is 2. The van der Waals surface area contributed by atoms with Gasteiger partial charge in [0.2, 0.25) is 5.91 Å². The number of nitrogens with one attached hydrogen (secondary N) is 1. The first kappa shape index (κ1) is 22.2. The number of carbonyl (C=O) groups excluding carboxylic acids is 1. The van der Waals surface area contributed by atoms with E-state index in [4.69, 9.17) is 11.6 Å². The molecule has 5 nitrogen and oxygen atoms in total. The molecule has 0 spiro atoms. The zero-order valence-electron chi connectivity index (χ0n) is 17.1. The molecular formula is C23H19ClF3N3O2. The van der Waals surface area contributed by atoms with Gasteiger partial charge in [-0.05, 0) is 47.4 Å². The highest BCUT2D eigenvalue weighted by Crippen LogP contribution is 2.51. The van der Waals surface area contributed by atoms with E-state index in [1.807, 2.05) is 0 Å². The molecule has 0 saturated carbocycles. The van der Waals surface area contributed by atoms with Crippen molar-refractivity contribution in [3.63, 3.8) is 0 Å². The van der Waals surface area contributed by atoms with E-state index in [-0.39, 0.29) is 22.1 Å². The van der Waals surface area contributed by atoms with Gasteiger partial charge in [0, 0.05) is 34.6 Å². The van der Waals surface area contributed by atoms with Crippen molar-refractivity contribution < 1.29 is 23.1 Å². The van der Waals surface area contributed by atoms with Gasteiger partial charge < -0.3 is 10.4 Å². The molecule has 9 heteroatoms. The average Bonchev–Trinajstić information content (AvgIpc) is 3.05. The summed E-state index contributed by atoms with van der Waals surface area (Å²) in [6.45, 7) is 2.88. The number of hydrogen-bond donors (Lipinski definition) is 2. The van der Waals surface area contributed by atoms with E-state index in [0.717, 1.165) is 0 Å². The number of alkyl halides is 3. The molecule has 0 aliphatic carbocycles. The molecule has 0 fully saturated rings. The van der Waals surface area contributed by atoms with Crippen molar-refractivity contribution >= 4 is 23.2 Å². The predicted molar refractivity (Wildman–Crippen MR) is 114 cm³/mol. The van der Waals surface area contributed by atoms with Crippen LogP contribution in [0.3, 0.4) is 0 Å². The molecule has 1 amide bonds. The molecule has 32 heavy (non-hydrogen) atoms. The zero-order valence-corrected chi connectivity index (χ0v) is 17.9. The minimum absolute atomic E-state index is 0.0768. The van der Waals surface area contributed by atoms with Crippen LogP contribution in [0.2, 0.25) is 5.02 Å². The molecule has 0 saturated heterocycles. The molecular weight excluding hydrogens is 443 g/mol. The van der Waals surface area contributed by atoms with E-state index < -0.39 is 23.6 Å². The number of nitrogens with zero attached hydrogens (tertiary/aromatic N) is 2. The van der Waals surface area contributed by atoms with E-state index >= 15 is 0 Å². The second kappa shape index (κ2) is 7.86. The lowest BCUT2D eigenvalue weighted by Crippen LogP contribution is -2.46. The Morgan fingerprint density at radius 1 is 1.09 bits per heavy atom. The molecule has 3 atom stereocenters. The van der Waals surface area contributed by atoms with Crippen molar-refractivity contribution in [3.05, 3.63) is 76.8 Å². The summed E-state index contributed by atoms with van der Waals surface area (Å²) in [5, 5.41) is 13.8. The maximum absolute atomic E-state index is 14.3. The Hall–Kier alpha value is -2.97. The maximum Gasteiger partial charge on any atom is 0.422 e. The van der Waals surface area contributed by atoms with E-state index in [0.29, 0.717) is 22.4 Å². The summed E-state index contributed by atoms with van der Waals surface area (Å²) in [7, 11) is 0. The molecule has 166 valence electrons. The number of carbonyl (C=O) groups is 1. The SMILES string of the molecule is CC1C(=O)Nc2ccc(C(O)(C(C)c3ccc(-c4cncnc4)cc3Cl)C(F)(F)F)cc21. The lowest BCUT2D eigenvalue weighted by molar-refractivity contribution is -0.274. The Morgan fingerprint density at radius 3 is 2.41 bits per heavy atom. The van der Waals surface area contributed by atoms with Crippen LogP contribution in [0, 0.1) is 0 Å². The second-order valence-corrected chi connectivity index (χ2v) is 8.27. The summed E-state index contributed by atoms with van der Waals surface area (Å²) in [5.41, 5.74) is -1.30. The van der Waals surface area contributed by atoms with Gasteiger partial charge in [0.05, 0.1) is 5.92 Å². The average molecular weight is 462 g/mol. The van der Waals surface area contributed by atoms with E-state index in [1.54, 1.807) is 25.4 Å². The van der Waals surface area contributed by atoms with Crippen molar-refractivity contribution in [1.29, 1.82) is 0 Å². The second-order valence-electron chi connectivity index (χ2n) is 7.86. The smallest absolute Gasteiger partial charge is 0.376 e. The number of amides is 1. The molecule has 1 aliphatic heterocycles.